The SMILES string of the molecule is Cc1[nH]c(=O)sc1S(=O)(=O)N[C@H](CC(N)=O)C(=O)O. The second-order valence-electron chi connectivity index (χ2n) is 3.61. The Kier molecular flexibility index (Phi) is 4.44. The molecule has 9 nitrogen and oxygen atoms in total. The summed E-state index contributed by atoms with van der Waals surface area (Å²) < 4.78 is 25.3. The van der Waals surface area contributed by atoms with Crippen LogP contribution in [0.25, 0.3) is 0 Å². The maximum absolute atomic E-state index is 11.9. The lowest BCUT2D eigenvalue weighted by atomic mass is 10.2. The zero-order valence-corrected chi connectivity index (χ0v) is 11.3. The second-order valence-corrected chi connectivity index (χ2v) is 6.50. The molecule has 0 unspecified atom stereocenters. The molecule has 0 saturated carbocycles. The van der Waals surface area contributed by atoms with Crippen molar-refractivity contribution in [1.29, 1.82) is 0 Å². The molecule has 106 valence electrons. The number of aromatic nitrogens is 1. The molecule has 1 aromatic heterocycles. The van der Waals surface area contributed by atoms with E-state index < -0.39 is 39.2 Å². The number of hydrogen-bond donors (Lipinski definition) is 4. The van der Waals surface area contributed by atoms with E-state index in [0.717, 1.165) is 0 Å². The van der Waals surface area contributed by atoms with E-state index in [1.165, 1.54) is 6.92 Å². The molecule has 0 aromatic carbocycles. The van der Waals surface area contributed by atoms with Gasteiger partial charge >= 0.3 is 10.8 Å². The number of sulfonamides is 1. The van der Waals surface area contributed by atoms with Crippen LogP contribution in [0.2, 0.25) is 0 Å². The standard InChI is InChI=1S/C8H11N3O6S2/c1-3-7(18-8(15)10-3)19(16,17)11-4(6(13)14)2-5(9)12/h4,11H,2H2,1H3,(H2,9,12)(H,10,15)(H,13,14)/t4-/m1/s1. The fraction of sp³-hybridized carbons (Fsp3) is 0.375. The molecule has 5 N–H and O–H groups in total. The highest BCUT2D eigenvalue weighted by molar-refractivity contribution is 7.91. The number of thiazole rings is 1. The van der Waals surface area contributed by atoms with Crippen molar-refractivity contribution in [2.24, 2.45) is 5.73 Å². The number of H-pyrrole nitrogens is 1. The van der Waals surface area contributed by atoms with Gasteiger partial charge in [-0.3, -0.25) is 14.4 Å². The Bertz CT molecular complexity index is 658. The van der Waals surface area contributed by atoms with Crippen LogP contribution in [0.3, 0.4) is 0 Å². The number of hydrogen-bond acceptors (Lipinski definition) is 6. The van der Waals surface area contributed by atoms with Crippen molar-refractivity contribution in [3.8, 4) is 0 Å². The largest absolute Gasteiger partial charge is 0.480 e. The highest BCUT2D eigenvalue weighted by Gasteiger charge is 2.29. The lowest BCUT2D eigenvalue weighted by Crippen LogP contribution is -2.43. The third-order valence-corrected chi connectivity index (χ3v) is 5.10. The van der Waals surface area contributed by atoms with Crippen LogP contribution in [0.15, 0.2) is 9.00 Å². The molecule has 11 heteroatoms. The van der Waals surface area contributed by atoms with Crippen LogP contribution in [0, 0.1) is 6.92 Å². The van der Waals surface area contributed by atoms with E-state index in [4.69, 9.17) is 10.8 Å². The van der Waals surface area contributed by atoms with Crippen LogP contribution in [0.5, 0.6) is 0 Å². The van der Waals surface area contributed by atoms with E-state index in [9.17, 15) is 22.8 Å². The molecule has 1 amide bonds. The molecular weight excluding hydrogens is 298 g/mol. The summed E-state index contributed by atoms with van der Waals surface area (Å²) in [5.41, 5.74) is 4.92. The molecule has 0 radical (unpaired) electrons. The molecule has 1 heterocycles. The topological polar surface area (TPSA) is 159 Å². The fourth-order valence-electron chi connectivity index (χ4n) is 1.27. The van der Waals surface area contributed by atoms with Crippen LogP contribution in [-0.4, -0.2) is 36.4 Å². The number of aryl methyl sites for hydroxylation is 1. The first-order chi connectivity index (χ1) is 8.63. The summed E-state index contributed by atoms with van der Waals surface area (Å²) in [5.74, 6) is -2.50. The minimum atomic E-state index is -4.21. The Labute approximate surface area is 111 Å². The van der Waals surface area contributed by atoms with Crippen LogP contribution in [0.1, 0.15) is 12.1 Å². The van der Waals surface area contributed by atoms with Gasteiger partial charge in [-0.25, -0.2) is 8.42 Å². The van der Waals surface area contributed by atoms with Gasteiger partial charge in [0, 0.05) is 5.69 Å². The van der Waals surface area contributed by atoms with Crippen LogP contribution >= 0.6 is 11.3 Å². The lowest BCUT2D eigenvalue weighted by Gasteiger charge is -2.12. The van der Waals surface area contributed by atoms with Gasteiger partial charge in [0.05, 0.1) is 6.42 Å². The molecule has 1 atom stereocenters. The molecule has 0 aliphatic heterocycles. The minimum absolute atomic E-state index is 0.0886. The summed E-state index contributed by atoms with van der Waals surface area (Å²) in [6, 6.07) is -1.68. The van der Waals surface area contributed by atoms with Crippen molar-refractivity contribution in [3.63, 3.8) is 0 Å². The van der Waals surface area contributed by atoms with Gasteiger partial charge in [-0.1, -0.05) is 11.3 Å². The normalized spacial score (nSPS) is 13.1. The number of aromatic amines is 1. The molecule has 0 saturated heterocycles. The van der Waals surface area contributed by atoms with Gasteiger partial charge in [-0.2, -0.15) is 4.72 Å². The summed E-state index contributed by atoms with van der Waals surface area (Å²) in [4.78, 5) is 34.2. The van der Waals surface area contributed by atoms with Gasteiger partial charge in [0.15, 0.2) is 4.21 Å². The third kappa shape index (κ3) is 3.87. The number of rotatable bonds is 6. The molecule has 19 heavy (non-hydrogen) atoms. The van der Waals surface area contributed by atoms with Crippen molar-refractivity contribution in [3.05, 3.63) is 15.4 Å². The van der Waals surface area contributed by atoms with Crippen molar-refractivity contribution in [2.75, 3.05) is 0 Å². The van der Waals surface area contributed by atoms with E-state index in [1.807, 2.05) is 4.72 Å². The highest BCUT2D eigenvalue weighted by atomic mass is 32.2. The number of nitrogens with two attached hydrogens (primary N) is 1. The Morgan fingerprint density at radius 2 is 2.11 bits per heavy atom. The first-order valence-corrected chi connectivity index (χ1v) is 7.16. The summed E-state index contributed by atoms with van der Waals surface area (Å²) >= 11 is 0.423. The first kappa shape index (κ1) is 15.3. The van der Waals surface area contributed by atoms with Gasteiger partial charge in [0.25, 0.3) is 10.0 Å². The molecule has 1 rings (SSSR count). The molecule has 0 spiro atoms. The van der Waals surface area contributed by atoms with Gasteiger partial charge < -0.3 is 15.8 Å². The summed E-state index contributed by atoms with van der Waals surface area (Å²) in [6.45, 7) is 1.36. The van der Waals surface area contributed by atoms with Crippen LogP contribution in [-0.2, 0) is 19.6 Å². The fourth-order valence-corrected chi connectivity index (χ4v) is 3.77. The molecule has 1 aromatic rings. The monoisotopic (exact) mass is 309 g/mol. The second kappa shape index (κ2) is 5.50. The predicted octanol–water partition coefficient (Wildman–Crippen LogP) is -1.65. The van der Waals surface area contributed by atoms with E-state index >= 15 is 0 Å². The third-order valence-electron chi connectivity index (χ3n) is 2.03. The summed E-state index contributed by atoms with van der Waals surface area (Å²) in [6.07, 6.45) is -0.688. The first-order valence-electron chi connectivity index (χ1n) is 4.86. The average molecular weight is 309 g/mol. The van der Waals surface area contributed by atoms with Gasteiger partial charge in [-0.15, -0.1) is 0 Å². The number of carbonyl (C=O) groups excluding carboxylic acids is 1. The lowest BCUT2D eigenvalue weighted by molar-refractivity contribution is -0.140. The van der Waals surface area contributed by atoms with E-state index in [-0.39, 0.29) is 9.90 Å². The number of primary amides is 1. The molecule has 0 aliphatic rings. The van der Waals surface area contributed by atoms with Crippen LogP contribution < -0.4 is 15.3 Å². The number of nitrogens with one attached hydrogen (secondary N) is 2. The van der Waals surface area contributed by atoms with Gasteiger partial charge in [-0.05, 0) is 6.92 Å². The average Bonchev–Trinajstić information content (AvgIpc) is 2.56. The Balaban J connectivity index is 3.07. The Morgan fingerprint density at radius 3 is 2.47 bits per heavy atom. The summed E-state index contributed by atoms with van der Waals surface area (Å²) in [7, 11) is -4.21. The number of carboxylic acid groups (broad SMARTS) is 1. The number of carbonyl (C=O) groups is 2. The van der Waals surface area contributed by atoms with E-state index in [0.29, 0.717) is 11.3 Å². The minimum Gasteiger partial charge on any atom is -0.480 e. The highest BCUT2D eigenvalue weighted by Crippen LogP contribution is 2.16. The molecular formula is C8H11N3O6S2. The van der Waals surface area contributed by atoms with Crippen molar-refractivity contribution >= 4 is 33.2 Å². The number of aliphatic carboxylic acids is 1. The van der Waals surface area contributed by atoms with Crippen molar-refractivity contribution in [2.45, 2.75) is 23.6 Å². The smallest absolute Gasteiger partial charge is 0.322 e. The van der Waals surface area contributed by atoms with Gasteiger partial charge in [0.1, 0.15) is 6.04 Å². The maximum atomic E-state index is 11.9. The summed E-state index contributed by atoms with van der Waals surface area (Å²) in [5, 5.41) is 8.81. The molecule has 0 bridgehead atoms. The number of amides is 1. The zero-order chi connectivity index (χ0) is 14.8. The Hall–Kier alpha value is -1.72. The number of carboxylic acids is 1. The van der Waals surface area contributed by atoms with Crippen molar-refractivity contribution < 1.29 is 23.1 Å². The van der Waals surface area contributed by atoms with E-state index in [2.05, 4.69) is 4.98 Å². The van der Waals surface area contributed by atoms with Gasteiger partial charge in [0.2, 0.25) is 5.91 Å². The molecule has 0 aliphatic carbocycles. The van der Waals surface area contributed by atoms with Crippen LogP contribution in [0.4, 0.5) is 0 Å². The molecule has 0 fully saturated rings. The van der Waals surface area contributed by atoms with E-state index in [1.54, 1.807) is 0 Å². The Morgan fingerprint density at radius 1 is 1.53 bits per heavy atom. The van der Waals surface area contributed by atoms with Crippen molar-refractivity contribution in [1.82, 2.24) is 9.71 Å². The quantitative estimate of drug-likeness (QED) is 0.492. The zero-order valence-electron chi connectivity index (χ0n) is 9.67. The maximum Gasteiger partial charge on any atom is 0.322 e. The predicted molar refractivity (Wildman–Crippen MR) is 65.2 cm³/mol.